The van der Waals surface area contributed by atoms with Crippen molar-refractivity contribution < 1.29 is 22.7 Å². The normalized spacial score (nSPS) is 11.1. The summed E-state index contributed by atoms with van der Waals surface area (Å²) in [5.74, 6) is 0.924. The lowest BCUT2D eigenvalue weighted by Gasteiger charge is -2.23. The third kappa shape index (κ3) is 6.34. The molecule has 0 aromatic heterocycles. The Labute approximate surface area is 209 Å². The number of benzene rings is 3. The second-order valence-electron chi connectivity index (χ2n) is 7.43. The van der Waals surface area contributed by atoms with Crippen molar-refractivity contribution in [2.45, 2.75) is 13.1 Å². The first-order valence-electron chi connectivity index (χ1n) is 10.1. The highest BCUT2D eigenvalue weighted by Gasteiger charge is 2.21. The molecule has 0 saturated heterocycles. The molecule has 0 atom stereocenters. The number of anilines is 1. The first-order valence-corrected chi connectivity index (χ1v) is 12.7. The SMILES string of the molecule is COc1ccc(CNC(=O)c2ccc(CN(c3ccc(Cl)cc3Cl)S(C)(=O)=O)cc2)cc1OC. The van der Waals surface area contributed by atoms with Crippen molar-refractivity contribution in [3.8, 4) is 11.5 Å². The van der Waals surface area contributed by atoms with Crippen molar-refractivity contribution in [1.82, 2.24) is 5.32 Å². The molecule has 1 amide bonds. The van der Waals surface area contributed by atoms with Crippen molar-refractivity contribution in [1.29, 1.82) is 0 Å². The lowest BCUT2D eigenvalue weighted by molar-refractivity contribution is 0.0951. The van der Waals surface area contributed by atoms with Crippen molar-refractivity contribution in [2.75, 3.05) is 24.8 Å². The van der Waals surface area contributed by atoms with Crippen LogP contribution in [0.1, 0.15) is 21.5 Å². The second kappa shape index (κ2) is 11.0. The molecule has 0 aliphatic carbocycles. The standard InChI is InChI=1S/C24H24Cl2N2O5S/c1-32-22-11-6-17(12-23(22)33-2)14-27-24(29)18-7-4-16(5-8-18)15-28(34(3,30)31)21-10-9-19(25)13-20(21)26/h4-13H,14-15H2,1-3H3,(H,27,29). The number of nitrogens with one attached hydrogen (secondary N) is 1. The Bertz CT molecular complexity index is 1280. The smallest absolute Gasteiger partial charge is 0.251 e. The van der Waals surface area contributed by atoms with Gasteiger partial charge in [-0.05, 0) is 53.6 Å². The Hall–Kier alpha value is -2.94. The monoisotopic (exact) mass is 522 g/mol. The average Bonchev–Trinajstić information content (AvgIpc) is 2.81. The van der Waals surface area contributed by atoms with Gasteiger partial charge >= 0.3 is 0 Å². The van der Waals surface area contributed by atoms with E-state index in [0.29, 0.717) is 39.9 Å². The van der Waals surface area contributed by atoms with Crippen molar-refractivity contribution in [2.24, 2.45) is 0 Å². The minimum absolute atomic E-state index is 0.0493. The van der Waals surface area contributed by atoms with E-state index >= 15 is 0 Å². The molecule has 0 radical (unpaired) electrons. The van der Waals surface area contributed by atoms with Crippen LogP contribution in [-0.2, 0) is 23.1 Å². The van der Waals surface area contributed by atoms with E-state index in [1.807, 2.05) is 6.07 Å². The maximum Gasteiger partial charge on any atom is 0.251 e. The number of hydrogen-bond donors (Lipinski definition) is 1. The summed E-state index contributed by atoms with van der Waals surface area (Å²) < 4.78 is 36.5. The first kappa shape index (κ1) is 25.7. The number of hydrogen-bond acceptors (Lipinski definition) is 5. The van der Waals surface area contributed by atoms with Crippen LogP contribution in [-0.4, -0.2) is 34.8 Å². The van der Waals surface area contributed by atoms with Gasteiger partial charge in [0, 0.05) is 17.1 Å². The Kier molecular flexibility index (Phi) is 8.30. The number of sulfonamides is 1. The predicted molar refractivity (Wildman–Crippen MR) is 135 cm³/mol. The van der Waals surface area contributed by atoms with Gasteiger partial charge in [0.1, 0.15) is 0 Å². The zero-order valence-corrected chi connectivity index (χ0v) is 21.2. The minimum atomic E-state index is -3.62. The van der Waals surface area contributed by atoms with Gasteiger partial charge in [-0.1, -0.05) is 41.4 Å². The lowest BCUT2D eigenvalue weighted by Crippen LogP contribution is -2.29. The highest BCUT2D eigenvalue weighted by atomic mass is 35.5. The van der Waals surface area contributed by atoms with Gasteiger partial charge in [-0.2, -0.15) is 0 Å². The van der Waals surface area contributed by atoms with Crippen molar-refractivity contribution in [3.63, 3.8) is 0 Å². The van der Waals surface area contributed by atoms with Crippen LogP contribution in [0.25, 0.3) is 0 Å². The number of carbonyl (C=O) groups excluding carboxylic acids is 1. The number of rotatable bonds is 9. The molecule has 3 aromatic carbocycles. The Morgan fingerprint density at radius 2 is 1.56 bits per heavy atom. The molecule has 3 aromatic rings. The molecule has 0 aliphatic rings. The molecule has 10 heteroatoms. The maximum absolute atomic E-state index is 12.6. The van der Waals surface area contributed by atoms with Crippen LogP contribution in [0.3, 0.4) is 0 Å². The Morgan fingerprint density at radius 1 is 0.912 bits per heavy atom. The Balaban J connectivity index is 1.70. The highest BCUT2D eigenvalue weighted by Crippen LogP contribution is 2.31. The van der Waals surface area contributed by atoms with Crippen molar-refractivity contribution in [3.05, 3.63) is 87.4 Å². The van der Waals surface area contributed by atoms with Gasteiger partial charge < -0.3 is 14.8 Å². The third-order valence-corrected chi connectivity index (χ3v) is 6.69. The highest BCUT2D eigenvalue weighted by molar-refractivity contribution is 7.92. The number of nitrogens with zero attached hydrogens (tertiary/aromatic N) is 1. The van der Waals surface area contributed by atoms with E-state index in [2.05, 4.69) is 5.32 Å². The van der Waals surface area contributed by atoms with Crippen LogP contribution in [0.5, 0.6) is 11.5 Å². The first-order chi connectivity index (χ1) is 16.1. The molecule has 0 heterocycles. The molecule has 0 spiro atoms. The topological polar surface area (TPSA) is 84.9 Å². The molecule has 0 unspecified atom stereocenters. The summed E-state index contributed by atoms with van der Waals surface area (Å²) in [6, 6.07) is 16.7. The van der Waals surface area contributed by atoms with E-state index in [0.717, 1.165) is 11.8 Å². The van der Waals surface area contributed by atoms with E-state index in [-0.39, 0.29) is 17.5 Å². The van der Waals surface area contributed by atoms with Crippen LogP contribution < -0.4 is 19.1 Å². The van der Waals surface area contributed by atoms with E-state index in [4.69, 9.17) is 32.7 Å². The fraction of sp³-hybridized carbons (Fsp3) is 0.208. The zero-order valence-electron chi connectivity index (χ0n) is 18.8. The summed E-state index contributed by atoms with van der Waals surface area (Å²) in [6.45, 7) is 0.353. The fourth-order valence-corrected chi connectivity index (χ4v) is 4.73. The second-order valence-corrected chi connectivity index (χ2v) is 10.2. The van der Waals surface area contributed by atoms with E-state index in [1.165, 1.54) is 10.4 Å². The molecule has 180 valence electrons. The molecule has 1 N–H and O–H groups in total. The van der Waals surface area contributed by atoms with E-state index < -0.39 is 10.0 Å². The number of halogens is 2. The zero-order chi connectivity index (χ0) is 24.9. The molecule has 34 heavy (non-hydrogen) atoms. The molecule has 3 rings (SSSR count). The number of methoxy groups -OCH3 is 2. The molecule has 0 aliphatic heterocycles. The van der Waals surface area contributed by atoms with Gasteiger partial charge in [0.05, 0.1) is 37.7 Å². The van der Waals surface area contributed by atoms with Crippen LogP contribution in [0.15, 0.2) is 60.7 Å². The summed E-state index contributed by atoms with van der Waals surface area (Å²) in [7, 11) is -0.514. The maximum atomic E-state index is 12.6. The molecule has 0 bridgehead atoms. The lowest BCUT2D eigenvalue weighted by atomic mass is 10.1. The van der Waals surface area contributed by atoms with Gasteiger partial charge in [0.25, 0.3) is 5.91 Å². The van der Waals surface area contributed by atoms with Crippen LogP contribution in [0.4, 0.5) is 5.69 Å². The van der Waals surface area contributed by atoms with Gasteiger partial charge in [-0.15, -0.1) is 0 Å². The summed E-state index contributed by atoms with van der Waals surface area (Å²) in [5.41, 5.74) is 2.31. The summed E-state index contributed by atoms with van der Waals surface area (Å²) in [4.78, 5) is 12.6. The largest absolute Gasteiger partial charge is 0.493 e. The minimum Gasteiger partial charge on any atom is -0.493 e. The predicted octanol–water partition coefficient (Wildman–Crippen LogP) is 4.91. The molecule has 7 nitrogen and oxygen atoms in total. The van der Waals surface area contributed by atoms with E-state index in [9.17, 15) is 13.2 Å². The fourth-order valence-electron chi connectivity index (χ4n) is 3.27. The van der Waals surface area contributed by atoms with Crippen LogP contribution >= 0.6 is 23.2 Å². The van der Waals surface area contributed by atoms with Crippen molar-refractivity contribution >= 4 is 44.8 Å². The molecule has 0 fully saturated rings. The van der Waals surface area contributed by atoms with Gasteiger partial charge in [0.15, 0.2) is 11.5 Å². The van der Waals surface area contributed by atoms with Crippen LogP contribution in [0, 0.1) is 0 Å². The summed E-state index contributed by atoms with van der Waals surface area (Å²) >= 11 is 12.2. The van der Waals surface area contributed by atoms with E-state index in [1.54, 1.807) is 62.8 Å². The Morgan fingerprint density at radius 3 is 2.15 bits per heavy atom. The molecular formula is C24H24Cl2N2O5S. The summed E-state index contributed by atoms with van der Waals surface area (Å²) in [6.07, 6.45) is 1.11. The number of carbonyl (C=O) groups is 1. The van der Waals surface area contributed by atoms with Gasteiger partial charge in [0.2, 0.25) is 10.0 Å². The van der Waals surface area contributed by atoms with Gasteiger partial charge in [-0.25, -0.2) is 8.42 Å². The summed E-state index contributed by atoms with van der Waals surface area (Å²) in [5, 5.41) is 3.49. The number of ether oxygens (including phenoxy) is 2. The van der Waals surface area contributed by atoms with Gasteiger partial charge in [-0.3, -0.25) is 9.10 Å². The molecule has 0 saturated carbocycles. The number of amides is 1. The molecular weight excluding hydrogens is 499 g/mol. The quantitative estimate of drug-likeness (QED) is 0.431. The van der Waals surface area contributed by atoms with Crippen LogP contribution in [0.2, 0.25) is 10.0 Å². The average molecular weight is 523 g/mol. The third-order valence-electron chi connectivity index (χ3n) is 5.02.